The summed E-state index contributed by atoms with van der Waals surface area (Å²) in [5.41, 5.74) is 1.83. The number of aromatic nitrogens is 1. The number of fused-ring (bicyclic) bond motifs is 1. The predicted octanol–water partition coefficient (Wildman–Crippen LogP) is 4.99. The maximum atomic E-state index is 13.8. The number of esters is 1. The van der Waals surface area contributed by atoms with Gasteiger partial charge in [0, 0.05) is 28.8 Å². The zero-order valence-corrected chi connectivity index (χ0v) is 22.8. The fourth-order valence-corrected chi connectivity index (χ4v) is 5.59. The standard InChI is InChI=1S/C28H22Cl2N2O5S/c1-16-24(27(34)36-14-13-35-2)25(20-5-3-4-6-21(20)30)32-26(33)23(38-28(32)31-16)15-19-11-12-22(37-19)17-7-9-18(29)10-8-17/h3-12,15,25H,13-14H2,1-2H3/b23-15-/t25-/m0/s1. The number of methoxy groups -OCH3 is 1. The number of ether oxygens (including phenoxy) is 2. The molecule has 5 rings (SSSR count). The third-order valence-electron chi connectivity index (χ3n) is 5.99. The summed E-state index contributed by atoms with van der Waals surface area (Å²) < 4.78 is 18.3. The van der Waals surface area contributed by atoms with Gasteiger partial charge < -0.3 is 13.9 Å². The summed E-state index contributed by atoms with van der Waals surface area (Å²) in [7, 11) is 1.52. The monoisotopic (exact) mass is 568 g/mol. The van der Waals surface area contributed by atoms with E-state index in [4.69, 9.17) is 37.1 Å². The highest BCUT2D eigenvalue weighted by Crippen LogP contribution is 2.34. The molecule has 7 nitrogen and oxygen atoms in total. The molecule has 1 atom stereocenters. The van der Waals surface area contributed by atoms with Gasteiger partial charge in [-0.15, -0.1) is 0 Å². The van der Waals surface area contributed by atoms with Crippen molar-refractivity contribution in [3.63, 3.8) is 0 Å². The van der Waals surface area contributed by atoms with Gasteiger partial charge in [0.2, 0.25) is 0 Å². The quantitative estimate of drug-likeness (QED) is 0.231. The fourth-order valence-electron chi connectivity index (χ4n) is 4.20. The molecule has 10 heteroatoms. The van der Waals surface area contributed by atoms with Crippen molar-refractivity contribution < 1.29 is 18.7 Å². The van der Waals surface area contributed by atoms with Crippen molar-refractivity contribution in [1.29, 1.82) is 0 Å². The maximum Gasteiger partial charge on any atom is 0.338 e. The molecule has 1 aliphatic rings. The van der Waals surface area contributed by atoms with Crippen LogP contribution in [0.15, 0.2) is 86.1 Å². The van der Waals surface area contributed by atoms with Gasteiger partial charge in [0.1, 0.15) is 24.2 Å². The Kier molecular flexibility index (Phi) is 7.67. The highest BCUT2D eigenvalue weighted by atomic mass is 35.5. The van der Waals surface area contributed by atoms with Gasteiger partial charge in [-0.05, 0) is 55.0 Å². The molecule has 0 amide bonds. The number of rotatable bonds is 7. The first-order valence-corrected chi connectivity index (χ1v) is 13.2. The van der Waals surface area contributed by atoms with Gasteiger partial charge in [0.15, 0.2) is 4.80 Å². The molecule has 3 heterocycles. The molecule has 0 bridgehead atoms. The summed E-state index contributed by atoms with van der Waals surface area (Å²) in [5.74, 6) is 0.567. The number of furan rings is 1. The Labute approximate surface area is 231 Å². The molecule has 1 aliphatic heterocycles. The molecule has 0 saturated heterocycles. The first-order valence-electron chi connectivity index (χ1n) is 11.7. The second-order valence-corrected chi connectivity index (χ2v) is 10.3. The number of hydrogen-bond acceptors (Lipinski definition) is 7. The Morgan fingerprint density at radius 3 is 2.61 bits per heavy atom. The van der Waals surface area contributed by atoms with Crippen molar-refractivity contribution in [2.75, 3.05) is 20.3 Å². The largest absolute Gasteiger partial charge is 0.460 e. The Morgan fingerprint density at radius 1 is 1.11 bits per heavy atom. The zero-order chi connectivity index (χ0) is 26.8. The number of thiazole rings is 1. The Balaban J connectivity index is 1.61. The Hall–Kier alpha value is -3.43. The van der Waals surface area contributed by atoms with Crippen LogP contribution in [0.5, 0.6) is 0 Å². The summed E-state index contributed by atoms with van der Waals surface area (Å²) >= 11 is 13.8. The van der Waals surface area contributed by atoms with E-state index < -0.39 is 12.0 Å². The lowest BCUT2D eigenvalue weighted by molar-refractivity contribution is -0.140. The molecule has 0 fully saturated rings. The first-order chi connectivity index (χ1) is 18.4. The molecule has 0 aliphatic carbocycles. The number of hydrogen-bond donors (Lipinski definition) is 0. The van der Waals surface area contributed by atoms with Crippen LogP contribution < -0.4 is 14.9 Å². The van der Waals surface area contributed by atoms with Crippen LogP contribution in [-0.4, -0.2) is 30.9 Å². The number of carbonyl (C=O) groups excluding carboxylic acids is 1. The van der Waals surface area contributed by atoms with Crippen LogP contribution in [0.25, 0.3) is 17.4 Å². The van der Waals surface area contributed by atoms with E-state index in [2.05, 4.69) is 4.99 Å². The van der Waals surface area contributed by atoms with E-state index in [1.165, 1.54) is 23.0 Å². The van der Waals surface area contributed by atoms with Gasteiger partial charge in [-0.25, -0.2) is 9.79 Å². The molecule has 0 unspecified atom stereocenters. The van der Waals surface area contributed by atoms with E-state index in [0.29, 0.717) is 42.2 Å². The summed E-state index contributed by atoms with van der Waals surface area (Å²) in [4.78, 5) is 32.0. The lowest BCUT2D eigenvalue weighted by Crippen LogP contribution is -2.40. The third-order valence-corrected chi connectivity index (χ3v) is 7.57. The minimum absolute atomic E-state index is 0.0697. The second kappa shape index (κ2) is 11.1. The Bertz CT molecular complexity index is 1720. The van der Waals surface area contributed by atoms with Crippen molar-refractivity contribution in [2.24, 2.45) is 4.99 Å². The minimum Gasteiger partial charge on any atom is -0.460 e. The van der Waals surface area contributed by atoms with Crippen LogP contribution >= 0.6 is 34.5 Å². The van der Waals surface area contributed by atoms with Crippen molar-refractivity contribution in [1.82, 2.24) is 4.57 Å². The van der Waals surface area contributed by atoms with Crippen LogP contribution in [0.4, 0.5) is 0 Å². The molecule has 0 spiro atoms. The van der Waals surface area contributed by atoms with Crippen molar-refractivity contribution in [3.8, 4) is 11.3 Å². The fraction of sp³-hybridized carbons (Fsp3) is 0.179. The van der Waals surface area contributed by atoms with E-state index in [1.54, 1.807) is 55.5 Å². The van der Waals surface area contributed by atoms with Gasteiger partial charge in [0.25, 0.3) is 5.56 Å². The maximum absolute atomic E-state index is 13.8. The zero-order valence-electron chi connectivity index (χ0n) is 20.4. The molecular formula is C28H22Cl2N2O5S. The molecule has 0 radical (unpaired) electrons. The molecule has 2 aromatic heterocycles. The molecular weight excluding hydrogens is 547 g/mol. The first kappa shape index (κ1) is 26.2. The smallest absolute Gasteiger partial charge is 0.338 e. The average Bonchev–Trinajstić information content (AvgIpc) is 3.48. The average molecular weight is 569 g/mol. The molecule has 0 saturated carbocycles. The molecule has 2 aromatic carbocycles. The van der Waals surface area contributed by atoms with Crippen LogP contribution in [0.2, 0.25) is 10.0 Å². The van der Waals surface area contributed by atoms with E-state index in [-0.39, 0.29) is 24.3 Å². The third kappa shape index (κ3) is 5.13. The SMILES string of the molecule is COCCOC(=O)C1=C(C)N=c2s/c(=C\c3ccc(-c4ccc(Cl)cc4)o3)c(=O)n2[C@H]1c1ccccc1Cl. The van der Waals surface area contributed by atoms with Gasteiger partial charge in [-0.1, -0.05) is 52.7 Å². The van der Waals surface area contributed by atoms with Gasteiger partial charge in [-0.2, -0.15) is 0 Å². The second-order valence-electron chi connectivity index (χ2n) is 8.44. The van der Waals surface area contributed by atoms with Crippen LogP contribution in [0.3, 0.4) is 0 Å². The number of benzene rings is 2. The molecule has 194 valence electrons. The molecule has 0 N–H and O–H groups in total. The molecule has 38 heavy (non-hydrogen) atoms. The van der Waals surface area contributed by atoms with Crippen molar-refractivity contribution in [2.45, 2.75) is 13.0 Å². The van der Waals surface area contributed by atoms with Gasteiger partial charge >= 0.3 is 5.97 Å². The molecule has 4 aromatic rings. The van der Waals surface area contributed by atoms with E-state index >= 15 is 0 Å². The highest BCUT2D eigenvalue weighted by molar-refractivity contribution is 7.07. The summed E-state index contributed by atoms with van der Waals surface area (Å²) in [6.07, 6.45) is 1.67. The van der Waals surface area contributed by atoms with E-state index in [1.807, 2.05) is 18.2 Å². The van der Waals surface area contributed by atoms with E-state index in [9.17, 15) is 9.59 Å². The van der Waals surface area contributed by atoms with Gasteiger partial charge in [0.05, 0.1) is 22.4 Å². The highest BCUT2D eigenvalue weighted by Gasteiger charge is 2.34. The predicted molar refractivity (Wildman–Crippen MR) is 147 cm³/mol. The van der Waals surface area contributed by atoms with E-state index in [0.717, 1.165) is 5.56 Å². The van der Waals surface area contributed by atoms with Crippen LogP contribution in [-0.2, 0) is 14.3 Å². The summed E-state index contributed by atoms with van der Waals surface area (Å²) in [5, 5.41) is 1.05. The lowest BCUT2D eigenvalue weighted by atomic mass is 9.96. The van der Waals surface area contributed by atoms with Gasteiger partial charge in [-0.3, -0.25) is 9.36 Å². The topological polar surface area (TPSA) is 83.0 Å². The Morgan fingerprint density at radius 2 is 1.87 bits per heavy atom. The lowest BCUT2D eigenvalue weighted by Gasteiger charge is -2.25. The number of halogens is 2. The summed E-state index contributed by atoms with van der Waals surface area (Å²) in [6, 6.07) is 17.2. The minimum atomic E-state index is -0.807. The number of allylic oxidation sites excluding steroid dienone is 1. The summed E-state index contributed by atoms with van der Waals surface area (Å²) in [6.45, 7) is 2.04. The van der Waals surface area contributed by atoms with Crippen LogP contribution in [0.1, 0.15) is 24.3 Å². The van der Waals surface area contributed by atoms with Crippen molar-refractivity contribution in [3.05, 3.63) is 113 Å². The number of nitrogens with zero attached hydrogens (tertiary/aromatic N) is 2. The van der Waals surface area contributed by atoms with Crippen LogP contribution in [0, 0.1) is 0 Å². The number of carbonyl (C=O) groups is 1. The van der Waals surface area contributed by atoms with Crippen molar-refractivity contribution >= 4 is 46.6 Å². The normalized spacial score (nSPS) is 15.4.